The molecule has 0 unspecified atom stereocenters. The highest BCUT2D eigenvalue weighted by atomic mass is 16.2. The van der Waals surface area contributed by atoms with Crippen molar-refractivity contribution in [2.75, 3.05) is 32.7 Å². The van der Waals surface area contributed by atoms with Crippen molar-refractivity contribution in [2.45, 2.75) is 53.6 Å². The van der Waals surface area contributed by atoms with Gasteiger partial charge in [0.05, 0.1) is 24.1 Å². The van der Waals surface area contributed by atoms with Crippen molar-refractivity contribution < 1.29 is 4.79 Å². The van der Waals surface area contributed by atoms with Crippen molar-refractivity contribution in [2.24, 2.45) is 5.41 Å². The number of nitrogens with zero attached hydrogens (tertiary/aromatic N) is 3. The van der Waals surface area contributed by atoms with Gasteiger partial charge in [-0.2, -0.15) is 0 Å². The molecule has 28 heavy (non-hydrogen) atoms. The lowest BCUT2D eigenvalue weighted by Gasteiger charge is -2.60. The summed E-state index contributed by atoms with van der Waals surface area (Å²) in [6, 6.07) is 6.25. The van der Waals surface area contributed by atoms with Crippen LogP contribution in [0.3, 0.4) is 0 Å². The second kappa shape index (κ2) is 7.84. The van der Waals surface area contributed by atoms with Gasteiger partial charge in [-0.15, -0.1) is 0 Å². The third-order valence-electron chi connectivity index (χ3n) is 5.25. The number of carbonyl (C=O) groups excluding carboxylic acids is 1. The van der Waals surface area contributed by atoms with Crippen molar-refractivity contribution >= 4 is 16.9 Å². The number of likely N-dealkylation sites (tertiary alicyclic amines) is 2. The number of aromatic amines is 1. The molecule has 1 amide bonds. The number of benzene rings is 1. The number of aromatic nitrogens is 2. The topological polar surface area (TPSA) is 64.3 Å². The van der Waals surface area contributed by atoms with E-state index in [1.807, 2.05) is 34.6 Å². The molecule has 2 N–H and O–H groups in total. The molecule has 0 saturated carbocycles. The fourth-order valence-electron chi connectivity index (χ4n) is 4.40. The van der Waals surface area contributed by atoms with Crippen LogP contribution in [0.5, 0.6) is 0 Å². The van der Waals surface area contributed by atoms with Gasteiger partial charge in [0.15, 0.2) is 0 Å². The first-order chi connectivity index (χ1) is 13.2. The quantitative estimate of drug-likeness (QED) is 0.849. The van der Waals surface area contributed by atoms with Crippen LogP contribution in [-0.2, 0) is 11.3 Å². The fraction of sp³-hybridized carbons (Fsp3) is 0.636. The number of para-hydroxylation sites is 1. The Morgan fingerprint density at radius 2 is 1.82 bits per heavy atom. The summed E-state index contributed by atoms with van der Waals surface area (Å²) in [7, 11) is 0. The predicted molar refractivity (Wildman–Crippen MR) is 114 cm³/mol. The van der Waals surface area contributed by atoms with Gasteiger partial charge in [-0.1, -0.05) is 26.0 Å². The van der Waals surface area contributed by atoms with E-state index in [4.69, 9.17) is 4.98 Å². The lowest BCUT2D eigenvalue weighted by Crippen LogP contribution is -2.72. The smallest absolute Gasteiger partial charge is 0.234 e. The Bertz CT molecular complexity index is 821. The van der Waals surface area contributed by atoms with Gasteiger partial charge in [0.2, 0.25) is 5.91 Å². The second-order valence-corrected chi connectivity index (χ2v) is 9.24. The van der Waals surface area contributed by atoms with Crippen LogP contribution in [-0.4, -0.2) is 63.9 Å². The molecule has 1 aromatic heterocycles. The zero-order valence-electron chi connectivity index (χ0n) is 18.2. The lowest BCUT2D eigenvalue weighted by molar-refractivity contribution is -0.139. The van der Waals surface area contributed by atoms with Crippen LogP contribution in [0.15, 0.2) is 18.2 Å². The molecule has 0 bridgehead atoms. The second-order valence-electron chi connectivity index (χ2n) is 9.24. The van der Waals surface area contributed by atoms with Crippen molar-refractivity contribution in [1.29, 1.82) is 0 Å². The molecule has 0 atom stereocenters. The van der Waals surface area contributed by atoms with E-state index in [1.165, 1.54) is 5.56 Å². The van der Waals surface area contributed by atoms with Gasteiger partial charge in [-0.05, 0) is 39.3 Å². The molecule has 2 saturated heterocycles. The monoisotopic (exact) mass is 385 g/mol. The van der Waals surface area contributed by atoms with Crippen LogP contribution in [0, 0.1) is 12.3 Å². The van der Waals surface area contributed by atoms with Crippen LogP contribution in [0.25, 0.3) is 11.0 Å². The number of imidazole rings is 1. The minimum atomic E-state index is -0.155. The number of hydrogen-bond acceptors (Lipinski definition) is 4. The molecule has 0 aliphatic carbocycles. The predicted octanol–water partition coefficient (Wildman–Crippen LogP) is 2.93. The Labute approximate surface area is 168 Å². The van der Waals surface area contributed by atoms with E-state index in [0.717, 1.165) is 49.6 Å². The molecular weight excluding hydrogens is 350 g/mol. The highest BCUT2D eigenvalue weighted by molar-refractivity contribution is 5.79. The van der Waals surface area contributed by atoms with Crippen LogP contribution in [0.1, 0.15) is 46.0 Å². The zero-order chi connectivity index (χ0) is 20.5. The van der Waals surface area contributed by atoms with Crippen LogP contribution in [0.2, 0.25) is 0 Å². The Hall–Kier alpha value is -1.92. The first-order valence-electron chi connectivity index (χ1n) is 10.4. The minimum absolute atomic E-state index is 0.126. The van der Waals surface area contributed by atoms with Gasteiger partial charge in [-0.25, -0.2) is 4.98 Å². The van der Waals surface area contributed by atoms with E-state index in [-0.39, 0.29) is 11.4 Å². The Morgan fingerprint density at radius 3 is 2.43 bits per heavy atom. The SMILES string of the molecule is CC.Cc1cccc2[nH]c(CN3CC4(CN(CC(=O)NC(C)(C)C)C4)C3)nc12. The Morgan fingerprint density at radius 1 is 1.18 bits per heavy atom. The van der Waals surface area contributed by atoms with E-state index in [0.29, 0.717) is 12.0 Å². The maximum atomic E-state index is 12.0. The van der Waals surface area contributed by atoms with E-state index >= 15 is 0 Å². The number of amides is 1. The number of fused-ring (bicyclic) bond motifs is 1. The summed E-state index contributed by atoms with van der Waals surface area (Å²) in [6.07, 6.45) is 0. The molecule has 4 rings (SSSR count). The van der Waals surface area contributed by atoms with Gasteiger partial charge >= 0.3 is 0 Å². The first-order valence-corrected chi connectivity index (χ1v) is 10.4. The summed E-state index contributed by atoms with van der Waals surface area (Å²) in [6.45, 7) is 17.8. The molecule has 1 spiro atoms. The highest BCUT2D eigenvalue weighted by Crippen LogP contribution is 2.39. The van der Waals surface area contributed by atoms with Gasteiger partial charge in [0.25, 0.3) is 0 Å². The molecule has 0 radical (unpaired) electrons. The largest absolute Gasteiger partial charge is 0.350 e. The number of hydrogen-bond donors (Lipinski definition) is 2. The fourth-order valence-corrected chi connectivity index (χ4v) is 4.40. The van der Waals surface area contributed by atoms with Crippen molar-refractivity contribution in [1.82, 2.24) is 25.1 Å². The van der Waals surface area contributed by atoms with Crippen LogP contribution in [0.4, 0.5) is 0 Å². The molecule has 2 aliphatic heterocycles. The van der Waals surface area contributed by atoms with Crippen molar-refractivity contribution in [3.05, 3.63) is 29.6 Å². The molecule has 1 aromatic carbocycles. The highest BCUT2D eigenvalue weighted by Gasteiger charge is 2.51. The third-order valence-corrected chi connectivity index (χ3v) is 5.25. The Balaban J connectivity index is 0.00000109. The van der Waals surface area contributed by atoms with Gasteiger partial charge < -0.3 is 10.3 Å². The van der Waals surface area contributed by atoms with E-state index in [9.17, 15) is 4.79 Å². The van der Waals surface area contributed by atoms with Crippen LogP contribution >= 0.6 is 0 Å². The van der Waals surface area contributed by atoms with Crippen LogP contribution < -0.4 is 5.32 Å². The molecule has 6 nitrogen and oxygen atoms in total. The van der Waals surface area contributed by atoms with E-state index < -0.39 is 0 Å². The number of nitrogens with one attached hydrogen (secondary N) is 2. The van der Waals surface area contributed by atoms with Gasteiger partial charge in [0.1, 0.15) is 5.82 Å². The standard InChI is InChI=1S/C20H29N5O.C2H6/c1-14-6-5-7-15-18(14)22-16(21-15)8-24-10-20(11-24)12-25(13-20)9-17(26)23-19(2,3)4;1-2/h5-7H,8-13H2,1-4H3,(H,21,22)(H,23,26);1-2H3. The maximum absolute atomic E-state index is 12.0. The lowest BCUT2D eigenvalue weighted by atomic mass is 9.73. The summed E-state index contributed by atoms with van der Waals surface area (Å²) in [5, 5.41) is 3.04. The molecule has 6 heteroatoms. The molecule has 2 fully saturated rings. The molecular formula is C22H35N5O. The van der Waals surface area contributed by atoms with E-state index in [2.05, 4.69) is 45.2 Å². The Kier molecular flexibility index (Phi) is 5.82. The van der Waals surface area contributed by atoms with Crippen molar-refractivity contribution in [3.8, 4) is 0 Å². The summed E-state index contributed by atoms with van der Waals surface area (Å²) in [4.78, 5) is 24.9. The van der Waals surface area contributed by atoms with E-state index in [1.54, 1.807) is 0 Å². The number of H-pyrrole nitrogens is 1. The average Bonchev–Trinajstić information content (AvgIpc) is 2.95. The van der Waals surface area contributed by atoms with Gasteiger partial charge in [0, 0.05) is 37.1 Å². The summed E-state index contributed by atoms with van der Waals surface area (Å²) < 4.78 is 0. The van der Waals surface area contributed by atoms with Gasteiger partial charge in [-0.3, -0.25) is 14.6 Å². The maximum Gasteiger partial charge on any atom is 0.234 e. The average molecular weight is 386 g/mol. The third kappa shape index (κ3) is 4.55. The molecule has 2 aliphatic rings. The minimum Gasteiger partial charge on any atom is -0.350 e. The molecule has 154 valence electrons. The number of rotatable bonds is 4. The number of aryl methyl sites for hydroxylation is 1. The summed E-state index contributed by atoms with van der Waals surface area (Å²) in [5.74, 6) is 1.17. The molecule has 3 heterocycles. The molecule has 2 aromatic rings. The summed E-state index contributed by atoms with van der Waals surface area (Å²) >= 11 is 0. The summed E-state index contributed by atoms with van der Waals surface area (Å²) in [5.41, 5.74) is 3.66. The number of carbonyl (C=O) groups is 1. The van der Waals surface area contributed by atoms with Crippen molar-refractivity contribution in [3.63, 3.8) is 0 Å². The first kappa shape index (κ1) is 20.8. The zero-order valence-corrected chi connectivity index (χ0v) is 18.2. The normalized spacial score (nSPS) is 18.9.